The first kappa shape index (κ1) is 16.5. The molecule has 0 spiro atoms. The molecule has 1 aromatic rings. The number of hydrogen-bond donors (Lipinski definition) is 2. The van der Waals surface area contributed by atoms with Gasteiger partial charge < -0.3 is 10.4 Å². The van der Waals surface area contributed by atoms with Crippen molar-refractivity contribution in [3.05, 3.63) is 35.4 Å². The summed E-state index contributed by atoms with van der Waals surface area (Å²) in [6.07, 6.45) is 0. The Bertz CT molecular complexity index is 450. The highest BCUT2D eigenvalue weighted by Crippen LogP contribution is 2.39. The molecule has 1 aliphatic heterocycles. The predicted octanol–water partition coefficient (Wildman–Crippen LogP) is 2.77. The van der Waals surface area contributed by atoms with Crippen LogP contribution in [0.3, 0.4) is 0 Å². The molecule has 2 N–H and O–H groups in total. The molecule has 0 saturated carbocycles. The second-order valence-corrected chi connectivity index (χ2v) is 7.16. The number of piperazine rings is 1. The number of aliphatic hydroxyl groups is 1. The largest absolute Gasteiger partial charge is 0.396 e. The molecule has 0 aromatic heterocycles. The Morgan fingerprint density at radius 1 is 1.19 bits per heavy atom. The van der Waals surface area contributed by atoms with Gasteiger partial charge in [0.25, 0.3) is 0 Å². The number of benzene rings is 1. The zero-order chi connectivity index (χ0) is 15.5. The van der Waals surface area contributed by atoms with E-state index >= 15 is 0 Å². The van der Waals surface area contributed by atoms with Gasteiger partial charge in [-0.3, -0.25) is 4.90 Å². The van der Waals surface area contributed by atoms with Gasteiger partial charge in [0.05, 0.1) is 0 Å². The number of hydrogen-bond acceptors (Lipinski definition) is 3. The maximum Gasteiger partial charge on any atom is 0.0500 e. The molecule has 3 nitrogen and oxygen atoms in total. The van der Waals surface area contributed by atoms with Gasteiger partial charge >= 0.3 is 0 Å². The van der Waals surface area contributed by atoms with Gasteiger partial charge in [0.1, 0.15) is 0 Å². The Balaban J connectivity index is 2.36. The normalized spacial score (nSPS) is 19.0. The minimum absolute atomic E-state index is 0.146. The fourth-order valence-electron chi connectivity index (χ4n) is 3.27. The highest BCUT2D eigenvalue weighted by Gasteiger charge is 2.35. The first-order valence-electron chi connectivity index (χ1n) is 8.11. The lowest BCUT2D eigenvalue weighted by Gasteiger charge is -2.43. The van der Waals surface area contributed by atoms with E-state index in [-0.39, 0.29) is 18.1 Å². The maximum absolute atomic E-state index is 9.89. The fourth-order valence-corrected chi connectivity index (χ4v) is 3.27. The van der Waals surface area contributed by atoms with E-state index < -0.39 is 0 Å². The Morgan fingerprint density at radius 2 is 1.81 bits per heavy atom. The van der Waals surface area contributed by atoms with Crippen molar-refractivity contribution in [3.63, 3.8) is 0 Å². The van der Waals surface area contributed by atoms with E-state index in [2.05, 4.69) is 62.2 Å². The molecule has 2 rings (SSSR count). The van der Waals surface area contributed by atoms with Gasteiger partial charge in [0, 0.05) is 44.2 Å². The van der Waals surface area contributed by atoms with Crippen LogP contribution in [-0.2, 0) is 0 Å². The molecule has 21 heavy (non-hydrogen) atoms. The predicted molar refractivity (Wildman–Crippen MR) is 88.6 cm³/mol. The number of rotatable bonds is 5. The summed E-state index contributed by atoms with van der Waals surface area (Å²) in [7, 11) is 0. The first-order valence-corrected chi connectivity index (χ1v) is 8.11. The van der Waals surface area contributed by atoms with Crippen LogP contribution in [0.1, 0.15) is 50.8 Å². The molecule has 3 heteroatoms. The lowest BCUT2D eigenvalue weighted by atomic mass is 9.79. The molecule has 1 aliphatic rings. The van der Waals surface area contributed by atoms with Crippen molar-refractivity contribution in [2.75, 3.05) is 32.8 Å². The van der Waals surface area contributed by atoms with E-state index in [1.54, 1.807) is 0 Å². The second kappa shape index (κ2) is 6.91. The van der Waals surface area contributed by atoms with Crippen LogP contribution in [0.4, 0.5) is 0 Å². The van der Waals surface area contributed by atoms with Gasteiger partial charge in [-0.15, -0.1) is 0 Å². The average molecular weight is 290 g/mol. The highest BCUT2D eigenvalue weighted by molar-refractivity contribution is 5.29. The quantitative estimate of drug-likeness (QED) is 0.875. The molecule has 0 radical (unpaired) electrons. The summed E-state index contributed by atoms with van der Waals surface area (Å²) in [5.41, 5.74) is 2.57. The Hall–Kier alpha value is -0.900. The first-order chi connectivity index (χ1) is 9.95. The molecule has 0 aliphatic carbocycles. The van der Waals surface area contributed by atoms with Gasteiger partial charge in [-0.25, -0.2) is 0 Å². The lowest BCUT2D eigenvalue weighted by molar-refractivity contribution is 0.0305. The Kier molecular flexibility index (Phi) is 5.42. The average Bonchev–Trinajstić information content (AvgIpc) is 2.48. The standard InChI is InChI=1S/C18H30N2O/c1-14(2)15-6-5-7-16(12-15)17(18(3,4)13-21)20-10-8-19-9-11-20/h5-7,12,14,17,19,21H,8-11,13H2,1-4H3/t17-/m1/s1. The zero-order valence-electron chi connectivity index (χ0n) is 13.9. The topological polar surface area (TPSA) is 35.5 Å². The van der Waals surface area contributed by atoms with Crippen LogP contribution in [0, 0.1) is 5.41 Å². The second-order valence-electron chi connectivity index (χ2n) is 7.16. The number of aliphatic hydroxyl groups excluding tert-OH is 1. The summed E-state index contributed by atoms with van der Waals surface area (Å²) < 4.78 is 0. The van der Waals surface area contributed by atoms with Gasteiger partial charge in [0.2, 0.25) is 0 Å². The third-order valence-corrected chi connectivity index (χ3v) is 4.56. The van der Waals surface area contributed by atoms with Crippen LogP contribution in [0.2, 0.25) is 0 Å². The van der Waals surface area contributed by atoms with Crippen molar-refractivity contribution in [1.29, 1.82) is 0 Å². The molecule has 0 bridgehead atoms. The third kappa shape index (κ3) is 3.85. The van der Waals surface area contributed by atoms with Gasteiger partial charge in [-0.1, -0.05) is 52.0 Å². The summed E-state index contributed by atoms with van der Waals surface area (Å²) in [5, 5.41) is 13.3. The van der Waals surface area contributed by atoms with Crippen molar-refractivity contribution in [3.8, 4) is 0 Å². The molecule has 0 amide bonds. The lowest BCUT2D eigenvalue weighted by Crippen LogP contribution is -2.49. The van der Waals surface area contributed by atoms with Crippen LogP contribution in [-0.4, -0.2) is 42.8 Å². The highest BCUT2D eigenvalue weighted by atomic mass is 16.3. The summed E-state index contributed by atoms with van der Waals surface area (Å²) in [4.78, 5) is 2.52. The fraction of sp³-hybridized carbons (Fsp3) is 0.667. The van der Waals surface area contributed by atoms with Crippen molar-refractivity contribution in [2.45, 2.75) is 39.7 Å². The number of nitrogens with one attached hydrogen (secondary N) is 1. The van der Waals surface area contributed by atoms with Crippen LogP contribution in [0.15, 0.2) is 24.3 Å². The van der Waals surface area contributed by atoms with Crippen LogP contribution in [0.25, 0.3) is 0 Å². The summed E-state index contributed by atoms with van der Waals surface area (Å²) >= 11 is 0. The molecule has 1 fully saturated rings. The molecular weight excluding hydrogens is 260 g/mol. The molecular formula is C18H30N2O. The Morgan fingerprint density at radius 3 is 2.38 bits per heavy atom. The molecule has 1 aromatic carbocycles. The maximum atomic E-state index is 9.89. The van der Waals surface area contributed by atoms with Crippen molar-refractivity contribution in [2.24, 2.45) is 5.41 Å². The molecule has 0 unspecified atom stereocenters. The minimum Gasteiger partial charge on any atom is -0.396 e. The van der Waals surface area contributed by atoms with Gasteiger partial charge in [0.15, 0.2) is 0 Å². The number of nitrogens with zero attached hydrogens (tertiary/aromatic N) is 1. The van der Waals surface area contributed by atoms with Crippen molar-refractivity contribution >= 4 is 0 Å². The van der Waals surface area contributed by atoms with Gasteiger partial charge in [-0.05, 0) is 17.0 Å². The molecule has 1 saturated heterocycles. The minimum atomic E-state index is -0.146. The summed E-state index contributed by atoms with van der Waals surface area (Å²) in [5.74, 6) is 0.533. The molecule has 118 valence electrons. The smallest absolute Gasteiger partial charge is 0.0500 e. The monoisotopic (exact) mass is 290 g/mol. The molecule has 1 atom stereocenters. The SMILES string of the molecule is CC(C)c1cccc([C@@H](N2CCNCC2)C(C)(C)CO)c1. The summed E-state index contributed by atoms with van der Waals surface area (Å²) in [6.45, 7) is 13.1. The summed E-state index contributed by atoms with van der Waals surface area (Å²) in [6, 6.07) is 9.18. The van der Waals surface area contributed by atoms with Crippen LogP contribution < -0.4 is 5.32 Å². The van der Waals surface area contributed by atoms with E-state index in [4.69, 9.17) is 0 Å². The van der Waals surface area contributed by atoms with Crippen LogP contribution in [0.5, 0.6) is 0 Å². The zero-order valence-corrected chi connectivity index (χ0v) is 13.9. The van der Waals surface area contributed by atoms with E-state index in [9.17, 15) is 5.11 Å². The van der Waals surface area contributed by atoms with Crippen LogP contribution >= 0.6 is 0 Å². The van der Waals surface area contributed by atoms with Gasteiger partial charge in [-0.2, -0.15) is 0 Å². The van der Waals surface area contributed by atoms with E-state index in [1.807, 2.05) is 0 Å². The Labute approximate surface area is 129 Å². The van der Waals surface area contributed by atoms with Crippen molar-refractivity contribution in [1.82, 2.24) is 10.2 Å². The third-order valence-electron chi connectivity index (χ3n) is 4.56. The van der Waals surface area contributed by atoms with E-state index in [1.165, 1.54) is 11.1 Å². The van der Waals surface area contributed by atoms with E-state index in [0.29, 0.717) is 5.92 Å². The van der Waals surface area contributed by atoms with E-state index in [0.717, 1.165) is 26.2 Å². The molecule has 1 heterocycles. The van der Waals surface area contributed by atoms with Crippen molar-refractivity contribution < 1.29 is 5.11 Å².